The highest BCUT2D eigenvalue weighted by Gasteiger charge is 2.30. The predicted molar refractivity (Wildman–Crippen MR) is 59.8 cm³/mol. The van der Waals surface area contributed by atoms with Gasteiger partial charge in [0.2, 0.25) is 0 Å². The zero-order valence-corrected chi connectivity index (χ0v) is 9.33. The van der Waals surface area contributed by atoms with Crippen LogP contribution in [0.3, 0.4) is 0 Å². The number of aromatic nitrogens is 1. The van der Waals surface area contributed by atoms with Gasteiger partial charge in [-0.25, -0.2) is 4.98 Å². The Morgan fingerprint density at radius 3 is 2.79 bits per heavy atom. The van der Waals surface area contributed by atoms with Crippen molar-refractivity contribution in [3.8, 4) is 0 Å². The maximum Gasteiger partial charge on any atom is 0.147 e. The number of pyridine rings is 1. The van der Waals surface area contributed by atoms with Crippen LogP contribution in [0.25, 0.3) is 0 Å². The molecule has 2 heterocycles. The summed E-state index contributed by atoms with van der Waals surface area (Å²) in [7, 11) is 0. The summed E-state index contributed by atoms with van der Waals surface area (Å²) in [5.74, 6) is 2.49. The Kier molecular flexibility index (Phi) is 2.64. The summed E-state index contributed by atoms with van der Waals surface area (Å²) in [5.41, 5.74) is 0. The second-order valence-electron chi connectivity index (χ2n) is 4.22. The van der Waals surface area contributed by atoms with E-state index >= 15 is 0 Å². The van der Waals surface area contributed by atoms with Gasteiger partial charge >= 0.3 is 0 Å². The molecule has 0 radical (unpaired) electrons. The van der Waals surface area contributed by atoms with Crippen LogP contribution in [-0.4, -0.2) is 18.1 Å². The van der Waals surface area contributed by atoms with Gasteiger partial charge in [0.25, 0.3) is 0 Å². The minimum Gasteiger partial charge on any atom is -0.355 e. The SMILES string of the molecule is CC(C)C1CN(c2ncccc2Cl)C1. The molecule has 0 amide bonds. The van der Waals surface area contributed by atoms with Crippen LogP contribution >= 0.6 is 11.6 Å². The molecule has 1 saturated heterocycles. The Bertz CT molecular complexity index is 319. The van der Waals surface area contributed by atoms with E-state index in [1.54, 1.807) is 6.20 Å². The molecule has 0 saturated carbocycles. The Hall–Kier alpha value is -0.760. The van der Waals surface area contributed by atoms with Crippen LogP contribution in [0.2, 0.25) is 5.02 Å². The summed E-state index contributed by atoms with van der Waals surface area (Å²) in [6.45, 7) is 6.72. The fourth-order valence-corrected chi connectivity index (χ4v) is 1.96. The summed E-state index contributed by atoms with van der Waals surface area (Å²) in [6, 6.07) is 3.76. The first-order valence-corrected chi connectivity index (χ1v) is 5.41. The third-order valence-corrected chi connectivity index (χ3v) is 3.19. The van der Waals surface area contributed by atoms with E-state index in [9.17, 15) is 0 Å². The van der Waals surface area contributed by atoms with Crippen molar-refractivity contribution >= 4 is 17.4 Å². The van der Waals surface area contributed by atoms with Crippen molar-refractivity contribution in [2.75, 3.05) is 18.0 Å². The van der Waals surface area contributed by atoms with Crippen molar-refractivity contribution in [2.45, 2.75) is 13.8 Å². The minimum absolute atomic E-state index is 0.758. The molecular weight excluding hydrogens is 196 g/mol. The minimum atomic E-state index is 0.758. The first kappa shape index (κ1) is 9.78. The van der Waals surface area contributed by atoms with Crippen LogP contribution in [0.5, 0.6) is 0 Å². The molecular formula is C11H15ClN2. The van der Waals surface area contributed by atoms with E-state index in [1.807, 2.05) is 12.1 Å². The van der Waals surface area contributed by atoms with Crippen molar-refractivity contribution in [1.29, 1.82) is 0 Å². The maximum atomic E-state index is 6.05. The molecule has 0 aromatic carbocycles. The standard InChI is InChI=1S/C11H15ClN2/c1-8(2)9-6-14(7-9)11-10(12)4-3-5-13-11/h3-5,8-9H,6-7H2,1-2H3. The molecule has 1 aromatic heterocycles. The van der Waals surface area contributed by atoms with Crippen molar-refractivity contribution in [2.24, 2.45) is 11.8 Å². The lowest BCUT2D eigenvalue weighted by atomic mass is 9.88. The van der Waals surface area contributed by atoms with Gasteiger partial charge in [0, 0.05) is 19.3 Å². The van der Waals surface area contributed by atoms with Gasteiger partial charge in [-0.05, 0) is 24.0 Å². The molecule has 1 aromatic rings. The largest absolute Gasteiger partial charge is 0.355 e. The fourth-order valence-electron chi connectivity index (χ4n) is 1.72. The lowest BCUT2D eigenvalue weighted by Gasteiger charge is -2.42. The highest BCUT2D eigenvalue weighted by atomic mass is 35.5. The number of anilines is 1. The average Bonchev–Trinajstić information content (AvgIpc) is 2.05. The highest BCUT2D eigenvalue weighted by Crippen LogP contribution is 2.31. The molecule has 0 bridgehead atoms. The third-order valence-electron chi connectivity index (χ3n) is 2.89. The lowest BCUT2D eigenvalue weighted by molar-refractivity contribution is 0.308. The van der Waals surface area contributed by atoms with Crippen LogP contribution in [0.15, 0.2) is 18.3 Å². The van der Waals surface area contributed by atoms with Gasteiger partial charge < -0.3 is 4.90 Å². The van der Waals surface area contributed by atoms with Crippen LogP contribution in [-0.2, 0) is 0 Å². The van der Waals surface area contributed by atoms with E-state index in [0.29, 0.717) is 0 Å². The van der Waals surface area contributed by atoms with Crippen molar-refractivity contribution in [3.63, 3.8) is 0 Å². The Balaban J connectivity index is 2.03. The van der Waals surface area contributed by atoms with Gasteiger partial charge in [-0.2, -0.15) is 0 Å². The Morgan fingerprint density at radius 2 is 2.21 bits per heavy atom. The fraction of sp³-hybridized carbons (Fsp3) is 0.545. The summed E-state index contributed by atoms with van der Waals surface area (Å²) in [4.78, 5) is 6.53. The molecule has 0 unspecified atom stereocenters. The molecule has 1 fully saturated rings. The number of hydrogen-bond donors (Lipinski definition) is 0. The molecule has 0 atom stereocenters. The Morgan fingerprint density at radius 1 is 1.50 bits per heavy atom. The van der Waals surface area contributed by atoms with Gasteiger partial charge in [-0.3, -0.25) is 0 Å². The Labute approximate surface area is 89.9 Å². The number of rotatable bonds is 2. The molecule has 0 N–H and O–H groups in total. The average molecular weight is 211 g/mol. The molecule has 0 aliphatic carbocycles. The summed E-state index contributed by atoms with van der Waals surface area (Å²) < 4.78 is 0. The number of hydrogen-bond acceptors (Lipinski definition) is 2. The van der Waals surface area contributed by atoms with E-state index in [0.717, 1.165) is 35.8 Å². The molecule has 14 heavy (non-hydrogen) atoms. The van der Waals surface area contributed by atoms with Gasteiger partial charge in [-0.1, -0.05) is 25.4 Å². The molecule has 1 aliphatic rings. The van der Waals surface area contributed by atoms with Crippen LogP contribution in [0.1, 0.15) is 13.8 Å². The smallest absolute Gasteiger partial charge is 0.147 e. The second kappa shape index (κ2) is 3.77. The summed E-state index contributed by atoms with van der Waals surface area (Å²) >= 11 is 6.05. The van der Waals surface area contributed by atoms with Crippen LogP contribution in [0.4, 0.5) is 5.82 Å². The molecule has 2 rings (SSSR count). The van der Waals surface area contributed by atoms with Gasteiger partial charge in [0.15, 0.2) is 0 Å². The van der Waals surface area contributed by atoms with E-state index in [-0.39, 0.29) is 0 Å². The third kappa shape index (κ3) is 1.71. The maximum absolute atomic E-state index is 6.05. The number of halogens is 1. The molecule has 3 heteroatoms. The highest BCUT2D eigenvalue weighted by molar-refractivity contribution is 6.32. The van der Waals surface area contributed by atoms with Crippen molar-refractivity contribution in [1.82, 2.24) is 4.98 Å². The molecule has 0 spiro atoms. The van der Waals surface area contributed by atoms with Gasteiger partial charge in [0.05, 0.1) is 5.02 Å². The topological polar surface area (TPSA) is 16.1 Å². The number of nitrogens with zero attached hydrogens (tertiary/aromatic N) is 2. The van der Waals surface area contributed by atoms with E-state index < -0.39 is 0 Å². The summed E-state index contributed by atoms with van der Waals surface area (Å²) in [6.07, 6.45) is 1.80. The molecule has 2 nitrogen and oxygen atoms in total. The van der Waals surface area contributed by atoms with E-state index in [1.165, 1.54) is 0 Å². The predicted octanol–water partition coefficient (Wildman–Crippen LogP) is 2.83. The van der Waals surface area contributed by atoms with Crippen LogP contribution in [0, 0.1) is 11.8 Å². The zero-order valence-electron chi connectivity index (χ0n) is 8.57. The zero-order chi connectivity index (χ0) is 10.1. The van der Waals surface area contributed by atoms with E-state index in [2.05, 4.69) is 23.7 Å². The van der Waals surface area contributed by atoms with Crippen LogP contribution < -0.4 is 4.90 Å². The molecule has 1 aliphatic heterocycles. The second-order valence-corrected chi connectivity index (χ2v) is 4.63. The van der Waals surface area contributed by atoms with E-state index in [4.69, 9.17) is 11.6 Å². The first-order valence-electron chi connectivity index (χ1n) is 5.04. The first-order chi connectivity index (χ1) is 6.68. The lowest BCUT2D eigenvalue weighted by Crippen LogP contribution is -2.49. The normalized spacial score (nSPS) is 17.3. The van der Waals surface area contributed by atoms with Crippen molar-refractivity contribution in [3.05, 3.63) is 23.4 Å². The van der Waals surface area contributed by atoms with Crippen molar-refractivity contribution < 1.29 is 0 Å². The quantitative estimate of drug-likeness (QED) is 0.747. The monoisotopic (exact) mass is 210 g/mol. The van der Waals surface area contributed by atoms with Gasteiger partial charge in [0.1, 0.15) is 5.82 Å². The molecule has 76 valence electrons. The summed E-state index contributed by atoms with van der Waals surface area (Å²) in [5, 5.41) is 0.759. The van der Waals surface area contributed by atoms with Gasteiger partial charge in [-0.15, -0.1) is 0 Å².